The quantitative estimate of drug-likeness (QED) is 0.813. The van der Waals surface area contributed by atoms with Crippen LogP contribution in [0.4, 0.5) is 5.82 Å². The molecule has 2 aromatic heterocycles. The van der Waals surface area contributed by atoms with E-state index in [2.05, 4.69) is 15.3 Å². The van der Waals surface area contributed by atoms with Gasteiger partial charge in [0, 0.05) is 24.5 Å². The number of nitrogens with one attached hydrogen (secondary N) is 1. The number of carbonyl (C=O) groups excluding carboxylic acids is 1. The summed E-state index contributed by atoms with van der Waals surface area (Å²) in [6.07, 6.45) is 4.60. The van der Waals surface area contributed by atoms with Crippen LogP contribution in [0.1, 0.15) is 31.5 Å². The number of hydrogen-bond acceptors (Lipinski definition) is 6. The maximum atomic E-state index is 12.3. The fraction of sp³-hybridized carbons (Fsp3) is 0.474. The zero-order valence-electron chi connectivity index (χ0n) is 15.5. The maximum Gasteiger partial charge on any atom is 0.240 e. The second-order valence-electron chi connectivity index (χ2n) is 7.31. The Morgan fingerprint density at radius 3 is 2.81 bits per heavy atom. The fourth-order valence-electron chi connectivity index (χ4n) is 3.08. The van der Waals surface area contributed by atoms with Crippen LogP contribution in [-0.4, -0.2) is 51.7 Å². The average Bonchev–Trinajstić information content (AvgIpc) is 3.09. The predicted octanol–water partition coefficient (Wildman–Crippen LogP) is 1.35. The summed E-state index contributed by atoms with van der Waals surface area (Å²) >= 11 is 0. The summed E-state index contributed by atoms with van der Waals surface area (Å²) in [4.78, 5) is 27.9. The van der Waals surface area contributed by atoms with Gasteiger partial charge in [-0.15, -0.1) is 0 Å². The number of likely N-dealkylation sites (N-methyl/N-ethyl adjacent to an activating group) is 1. The molecule has 138 valence electrons. The van der Waals surface area contributed by atoms with E-state index >= 15 is 0 Å². The first-order chi connectivity index (χ1) is 12.4. The van der Waals surface area contributed by atoms with E-state index in [1.165, 1.54) is 0 Å². The van der Waals surface area contributed by atoms with Crippen molar-refractivity contribution in [3.63, 3.8) is 0 Å². The number of aliphatic hydroxyl groups excluding tert-OH is 1. The van der Waals surface area contributed by atoms with Crippen LogP contribution in [0.3, 0.4) is 0 Å². The molecular formula is C19H25N5O2. The van der Waals surface area contributed by atoms with Gasteiger partial charge in [-0.3, -0.25) is 9.78 Å². The van der Waals surface area contributed by atoms with Crippen molar-refractivity contribution in [1.29, 1.82) is 0 Å². The van der Waals surface area contributed by atoms with Crippen molar-refractivity contribution in [1.82, 2.24) is 20.3 Å². The molecule has 2 aromatic rings. The Kier molecular flexibility index (Phi) is 5.18. The highest BCUT2D eigenvalue weighted by atomic mass is 16.3. The lowest BCUT2D eigenvalue weighted by atomic mass is 10.1. The van der Waals surface area contributed by atoms with E-state index in [1.807, 2.05) is 30.1 Å². The molecular weight excluding hydrogens is 330 g/mol. The van der Waals surface area contributed by atoms with E-state index in [-0.39, 0.29) is 19.1 Å². The van der Waals surface area contributed by atoms with Crippen molar-refractivity contribution < 1.29 is 9.90 Å². The third-order valence-corrected chi connectivity index (χ3v) is 4.42. The molecule has 2 heterocycles. The zero-order chi connectivity index (χ0) is 18.7. The van der Waals surface area contributed by atoms with Gasteiger partial charge in [-0.1, -0.05) is 6.07 Å². The van der Waals surface area contributed by atoms with E-state index in [0.29, 0.717) is 5.82 Å². The number of fused-ring (bicyclic) bond motifs is 1. The highest BCUT2D eigenvalue weighted by molar-refractivity contribution is 5.82. The summed E-state index contributed by atoms with van der Waals surface area (Å²) in [6.45, 7) is 3.61. The van der Waals surface area contributed by atoms with Gasteiger partial charge in [-0.2, -0.15) is 0 Å². The van der Waals surface area contributed by atoms with Crippen molar-refractivity contribution in [2.75, 3.05) is 25.1 Å². The van der Waals surface area contributed by atoms with E-state index in [0.717, 1.165) is 42.0 Å². The monoisotopic (exact) mass is 355 g/mol. The number of nitrogens with zero attached hydrogens (tertiary/aromatic N) is 4. The summed E-state index contributed by atoms with van der Waals surface area (Å²) < 4.78 is 0. The minimum atomic E-state index is -0.648. The molecule has 0 unspecified atom stereocenters. The number of aryl methyl sites for hydroxylation is 1. The lowest BCUT2D eigenvalue weighted by Crippen LogP contribution is -2.49. The molecule has 26 heavy (non-hydrogen) atoms. The number of amides is 1. The molecule has 0 saturated carbocycles. The van der Waals surface area contributed by atoms with Gasteiger partial charge in [0.15, 0.2) is 5.82 Å². The topological polar surface area (TPSA) is 91.2 Å². The number of rotatable bonds is 6. The zero-order valence-corrected chi connectivity index (χ0v) is 15.5. The number of hydrogen-bond donors (Lipinski definition) is 2. The average molecular weight is 355 g/mol. The second kappa shape index (κ2) is 7.37. The molecule has 0 radical (unpaired) electrons. The minimum Gasteiger partial charge on any atom is -0.394 e. The van der Waals surface area contributed by atoms with Crippen LogP contribution in [0.15, 0.2) is 24.4 Å². The first kappa shape index (κ1) is 18.3. The SMILES string of the molecule is CN(CC(=O)NC(C)(C)CO)c1nc(-c2ccccn2)nc2c1CCC2. The van der Waals surface area contributed by atoms with Crippen molar-refractivity contribution in [2.45, 2.75) is 38.6 Å². The van der Waals surface area contributed by atoms with Crippen LogP contribution in [0.25, 0.3) is 11.5 Å². The normalized spacial score (nSPS) is 13.4. The molecule has 0 atom stereocenters. The van der Waals surface area contributed by atoms with Crippen molar-refractivity contribution >= 4 is 11.7 Å². The molecule has 3 rings (SSSR count). The van der Waals surface area contributed by atoms with E-state index in [9.17, 15) is 9.90 Å². The molecule has 0 spiro atoms. The van der Waals surface area contributed by atoms with Gasteiger partial charge in [0.05, 0.1) is 18.7 Å². The highest BCUT2D eigenvalue weighted by Crippen LogP contribution is 2.30. The van der Waals surface area contributed by atoms with Gasteiger partial charge in [-0.25, -0.2) is 9.97 Å². The summed E-state index contributed by atoms with van der Waals surface area (Å²) in [5.74, 6) is 1.21. The summed E-state index contributed by atoms with van der Waals surface area (Å²) in [5.41, 5.74) is 2.23. The molecule has 0 bridgehead atoms. The second-order valence-corrected chi connectivity index (χ2v) is 7.31. The number of pyridine rings is 1. The van der Waals surface area contributed by atoms with Crippen LogP contribution in [0.2, 0.25) is 0 Å². The van der Waals surface area contributed by atoms with E-state index in [1.54, 1.807) is 20.0 Å². The Labute approximate surface area is 153 Å². The van der Waals surface area contributed by atoms with E-state index < -0.39 is 5.54 Å². The lowest BCUT2D eigenvalue weighted by molar-refractivity contribution is -0.121. The van der Waals surface area contributed by atoms with Crippen LogP contribution < -0.4 is 10.2 Å². The highest BCUT2D eigenvalue weighted by Gasteiger charge is 2.25. The largest absolute Gasteiger partial charge is 0.394 e. The molecule has 1 aliphatic rings. The molecule has 1 aliphatic carbocycles. The third-order valence-electron chi connectivity index (χ3n) is 4.42. The molecule has 0 fully saturated rings. The lowest BCUT2D eigenvalue weighted by Gasteiger charge is -2.26. The van der Waals surface area contributed by atoms with Crippen LogP contribution in [-0.2, 0) is 17.6 Å². The Balaban J connectivity index is 1.87. The first-order valence-electron chi connectivity index (χ1n) is 8.84. The number of anilines is 1. The Morgan fingerprint density at radius 2 is 2.12 bits per heavy atom. The Morgan fingerprint density at radius 1 is 1.31 bits per heavy atom. The fourth-order valence-corrected chi connectivity index (χ4v) is 3.08. The smallest absolute Gasteiger partial charge is 0.240 e. The first-order valence-corrected chi connectivity index (χ1v) is 8.84. The summed E-state index contributed by atoms with van der Waals surface area (Å²) in [6, 6.07) is 5.65. The predicted molar refractivity (Wildman–Crippen MR) is 99.9 cm³/mol. The Hall–Kier alpha value is -2.54. The summed E-state index contributed by atoms with van der Waals surface area (Å²) in [5, 5.41) is 12.2. The molecule has 7 nitrogen and oxygen atoms in total. The van der Waals surface area contributed by atoms with Crippen molar-refractivity contribution in [3.05, 3.63) is 35.7 Å². The number of aromatic nitrogens is 3. The molecule has 1 amide bonds. The van der Waals surface area contributed by atoms with Gasteiger partial charge in [0.2, 0.25) is 5.91 Å². The molecule has 0 aromatic carbocycles. The molecule has 2 N–H and O–H groups in total. The number of carbonyl (C=O) groups is 1. The van der Waals surface area contributed by atoms with Gasteiger partial charge in [0.25, 0.3) is 0 Å². The Bertz CT molecular complexity index is 792. The van der Waals surface area contributed by atoms with Crippen molar-refractivity contribution in [2.24, 2.45) is 0 Å². The van der Waals surface area contributed by atoms with Gasteiger partial charge in [0.1, 0.15) is 11.5 Å². The van der Waals surface area contributed by atoms with E-state index in [4.69, 9.17) is 4.98 Å². The standard InChI is InChI=1S/C19H25N5O2/c1-19(2,12-25)23-16(26)11-24(3)18-13-7-6-9-14(13)21-17(22-18)15-8-4-5-10-20-15/h4-5,8,10,25H,6-7,9,11-12H2,1-3H3,(H,23,26). The van der Waals surface area contributed by atoms with Crippen LogP contribution in [0.5, 0.6) is 0 Å². The summed E-state index contributed by atoms with van der Waals surface area (Å²) in [7, 11) is 1.86. The van der Waals surface area contributed by atoms with Crippen LogP contribution >= 0.6 is 0 Å². The van der Waals surface area contributed by atoms with Gasteiger partial charge >= 0.3 is 0 Å². The van der Waals surface area contributed by atoms with Crippen molar-refractivity contribution in [3.8, 4) is 11.5 Å². The van der Waals surface area contributed by atoms with Crippen LogP contribution in [0, 0.1) is 0 Å². The third kappa shape index (κ3) is 3.99. The van der Waals surface area contributed by atoms with Gasteiger partial charge < -0.3 is 15.3 Å². The van der Waals surface area contributed by atoms with Gasteiger partial charge in [-0.05, 0) is 45.2 Å². The minimum absolute atomic E-state index is 0.116. The molecule has 0 saturated heterocycles. The molecule has 0 aliphatic heterocycles. The molecule has 7 heteroatoms. The maximum absolute atomic E-state index is 12.3. The number of aliphatic hydroxyl groups is 1.